The molecule has 1 aromatic carbocycles. The standard InChI is InChI=1S/C17H24N2O2/c1-12(2)14-5-3-4-6-15(14)18-16(20)9-19-10-17(21,11-19)13-7-8-13/h3-6,12-13,21H,7-11H2,1-2H3,(H,18,20). The Bertz CT molecular complexity index is 531. The summed E-state index contributed by atoms with van der Waals surface area (Å²) in [5.41, 5.74) is 1.54. The second-order valence-corrected chi connectivity index (χ2v) is 6.81. The van der Waals surface area contributed by atoms with E-state index in [-0.39, 0.29) is 5.91 Å². The fourth-order valence-electron chi connectivity index (χ4n) is 3.23. The van der Waals surface area contributed by atoms with Crippen molar-refractivity contribution in [3.63, 3.8) is 0 Å². The number of amides is 1. The summed E-state index contributed by atoms with van der Waals surface area (Å²) in [4.78, 5) is 14.2. The van der Waals surface area contributed by atoms with Crippen molar-refractivity contribution in [2.75, 3.05) is 25.0 Å². The highest BCUT2D eigenvalue weighted by Gasteiger charge is 2.51. The van der Waals surface area contributed by atoms with Gasteiger partial charge in [-0.1, -0.05) is 32.0 Å². The first-order chi connectivity index (χ1) is 9.98. The van der Waals surface area contributed by atoms with Crippen LogP contribution in [0.4, 0.5) is 5.69 Å². The number of carbonyl (C=O) groups excluding carboxylic acids is 1. The molecule has 1 heterocycles. The van der Waals surface area contributed by atoms with Crippen LogP contribution >= 0.6 is 0 Å². The van der Waals surface area contributed by atoms with Crippen LogP contribution in [0, 0.1) is 5.92 Å². The third-order valence-corrected chi connectivity index (χ3v) is 4.56. The van der Waals surface area contributed by atoms with Crippen LogP contribution in [0.5, 0.6) is 0 Å². The molecule has 1 aromatic rings. The maximum Gasteiger partial charge on any atom is 0.238 e. The first kappa shape index (κ1) is 14.5. The lowest BCUT2D eigenvalue weighted by Crippen LogP contribution is -2.64. The number of benzene rings is 1. The predicted molar refractivity (Wildman–Crippen MR) is 83.3 cm³/mol. The molecule has 4 heteroatoms. The topological polar surface area (TPSA) is 52.6 Å². The highest BCUT2D eigenvalue weighted by Crippen LogP contribution is 2.44. The number of hydrogen-bond donors (Lipinski definition) is 2. The average Bonchev–Trinajstić information content (AvgIpc) is 3.21. The molecule has 1 saturated heterocycles. The molecule has 3 rings (SSSR count). The molecule has 2 aliphatic rings. The van der Waals surface area contributed by atoms with Gasteiger partial charge in [-0.15, -0.1) is 0 Å². The van der Waals surface area contributed by atoms with E-state index in [0.29, 0.717) is 31.5 Å². The monoisotopic (exact) mass is 288 g/mol. The summed E-state index contributed by atoms with van der Waals surface area (Å²) in [6.07, 6.45) is 2.27. The van der Waals surface area contributed by atoms with Crippen molar-refractivity contribution in [2.45, 2.75) is 38.2 Å². The SMILES string of the molecule is CC(C)c1ccccc1NC(=O)CN1CC(O)(C2CC2)C1. The van der Waals surface area contributed by atoms with Gasteiger partial charge in [0.05, 0.1) is 12.1 Å². The zero-order valence-corrected chi connectivity index (χ0v) is 12.8. The van der Waals surface area contributed by atoms with Gasteiger partial charge in [-0.25, -0.2) is 0 Å². The van der Waals surface area contributed by atoms with Crippen LogP contribution in [0.3, 0.4) is 0 Å². The number of carbonyl (C=O) groups is 1. The van der Waals surface area contributed by atoms with Gasteiger partial charge in [-0.05, 0) is 36.3 Å². The average molecular weight is 288 g/mol. The van der Waals surface area contributed by atoms with Gasteiger partial charge in [0.15, 0.2) is 0 Å². The van der Waals surface area contributed by atoms with Crippen LogP contribution in [-0.2, 0) is 4.79 Å². The number of rotatable bonds is 5. The van der Waals surface area contributed by atoms with Crippen molar-refractivity contribution >= 4 is 11.6 Å². The molecule has 1 amide bonds. The van der Waals surface area contributed by atoms with Crippen molar-refractivity contribution in [1.82, 2.24) is 4.90 Å². The summed E-state index contributed by atoms with van der Waals surface area (Å²) < 4.78 is 0. The molecule has 4 nitrogen and oxygen atoms in total. The minimum atomic E-state index is -0.518. The van der Waals surface area contributed by atoms with E-state index in [1.807, 2.05) is 23.1 Å². The second-order valence-electron chi connectivity index (χ2n) is 6.81. The maximum atomic E-state index is 12.2. The number of anilines is 1. The van der Waals surface area contributed by atoms with Crippen LogP contribution in [0.25, 0.3) is 0 Å². The molecule has 1 aliphatic carbocycles. The van der Waals surface area contributed by atoms with Gasteiger partial charge in [-0.2, -0.15) is 0 Å². The molecular formula is C17H24N2O2. The Kier molecular flexibility index (Phi) is 3.76. The first-order valence-electron chi connectivity index (χ1n) is 7.81. The van der Waals surface area contributed by atoms with Crippen LogP contribution in [0.15, 0.2) is 24.3 Å². The van der Waals surface area contributed by atoms with E-state index in [9.17, 15) is 9.90 Å². The highest BCUT2D eigenvalue weighted by molar-refractivity contribution is 5.93. The lowest BCUT2D eigenvalue weighted by molar-refractivity contribution is -0.132. The molecule has 1 aliphatic heterocycles. The Labute approximate surface area is 126 Å². The molecule has 114 valence electrons. The van der Waals surface area contributed by atoms with Crippen molar-refractivity contribution in [3.8, 4) is 0 Å². The summed E-state index contributed by atoms with van der Waals surface area (Å²) in [7, 11) is 0. The highest BCUT2D eigenvalue weighted by atomic mass is 16.3. The summed E-state index contributed by atoms with van der Waals surface area (Å²) >= 11 is 0. The molecule has 0 atom stereocenters. The van der Waals surface area contributed by atoms with E-state index in [0.717, 1.165) is 24.1 Å². The van der Waals surface area contributed by atoms with Gasteiger partial charge < -0.3 is 10.4 Å². The van der Waals surface area contributed by atoms with E-state index in [2.05, 4.69) is 25.2 Å². The largest absolute Gasteiger partial charge is 0.387 e. The quantitative estimate of drug-likeness (QED) is 0.873. The Morgan fingerprint density at radius 3 is 2.67 bits per heavy atom. The van der Waals surface area contributed by atoms with E-state index >= 15 is 0 Å². The van der Waals surface area contributed by atoms with Gasteiger partial charge >= 0.3 is 0 Å². The van der Waals surface area contributed by atoms with E-state index in [1.165, 1.54) is 0 Å². The van der Waals surface area contributed by atoms with Gasteiger partial charge in [-0.3, -0.25) is 9.69 Å². The molecular weight excluding hydrogens is 264 g/mol. The third kappa shape index (κ3) is 3.11. The van der Waals surface area contributed by atoms with Crippen molar-refractivity contribution in [3.05, 3.63) is 29.8 Å². The molecule has 0 unspecified atom stereocenters. The fourth-order valence-corrected chi connectivity index (χ4v) is 3.23. The lowest BCUT2D eigenvalue weighted by atomic mass is 9.89. The molecule has 0 radical (unpaired) electrons. The molecule has 0 spiro atoms. The van der Waals surface area contributed by atoms with E-state index in [4.69, 9.17) is 0 Å². The number of likely N-dealkylation sites (tertiary alicyclic amines) is 1. The minimum absolute atomic E-state index is 0.000877. The smallest absolute Gasteiger partial charge is 0.238 e. The van der Waals surface area contributed by atoms with E-state index in [1.54, 1.807) is 0 Å². The number of nitrogens with zero attached hydrogens (tertiary/aromatic N) is 1. The number of hydrogen-bond acceptors (Lipinski definition) is 3. The number of nitrogens with one attached hydrogen (secondary N) is 1. The number of β-amino-alcohol motifs (C(OH)–C–C–N with tert-alkyl or cyclic N) is 1. The minimum Gasteiger partial charge on any atom is -0.387 e. The van der Waals surface area contributed by atoms with Crippen LogP contribution in [-0.4, -0.2) is 41.1 Å². The zero-order chi connectivity index (χ0) is 15.0. The number of para-hydroxylation sites is 1. The summed E-state index contributed by atoms with van der Waals surface area (Å²) in [5.74, 6) is 0.852. The molecule has 21 heavy (non-hydrogen) atoms. The molecule has 0 bridgehead atoms. The van der Waals surface area contributed by atoms with Crippen LogP contribution < -0.4 is 5.32 Å². The summed E-state index contributed by atoms with van der Waals surface area (Å²) in [6, 6.07) is 7.94. The van der Waals surface area contributed by atoms with Gasteiger partial charge in [0.2, 0.25) is 5.91 Å². The summed E-state index contributed by atoms with van der Waals surface area (Å²) in [6.45, 7) is 5.88. The van der Waals surface area contributed by atoms with Gasteiger partial charge in [0.25, 0.3) is 0 Å². The normalized spacial score (nSPS) is 21.1. The zero-order valence-electron chi connectivity index (χ0n) is 12.8. The predicted octanol–water partition coefficient (Wildman–Crippen LogP) is 2.21. The second kappa shape index (κ2) is 5.43. The molecule has 0 aromatic heterocycles. The van der Waals surface area contributed by atoms with Crippen molar-refractivity contribution in [1.29, 1.82) is 0 Å². The molecule has 2 fully saturated rings. The Balaban J connectivity index is 1.53. The van der Waals surface area contributed by atoms with E-state index < -0.39 is 5.60 Å². The van der Waals surface area contributed by atoms with Crippen LogP contribution in [0.2, 0.25) is 0 Å². The fraction of sp³-hybridized carbons (Fsp3) is 0.588. The molecule has 1 saturated carbocycles. The third-order valence-electron chi connectivity index (χ3n) is 4.56. The van der Waals surface area contributed by atoms with Crippen molar-refractivity contribution in [2.24, 2.45) is 5.92 Å². The Morgan fingerprint density at radius 2 is 2.05 bits per heavy atom. The maximum absolute atomic E-state index is 12.2. The Morgan fingerprint density at radius 1 is 1.38 bits per heavy atom. The molecule has 2 N–H and O–H groups in total. The number of aliphatic hydroxyl groups is 1. The summed E-state index contributed by atoms with van der Waals surface area (Å²) in [5, 5.41) is 13.3. The lowest BCUT2D eigenvalue weighted by Gasteiger charge is -2.46. The first-order valence-corrected chi connectivity index (χ1v) is 7.81. The van der Waals surface area contributed by atoms with Crippen LogP contribution in [0.1, 0.15) is 38.2 Å². The Hall–Kier alpha value is -1.39. The van der Waals surface area contributed by atoms with Gasteiger partial charge in [0, 0.05) is 18.8 Å². The van der Waals surface area contributed by atoms with Crippen molar-refractivity contribution < 1.29 is 9.90 Å². The van der Waals surface area contributed by atoms with Gasteiger partial charge in [0.1, 0.15) is 0 Å².